The van der Waals surface area contributed by atoms with Gasteiger partial charge in [-0.1, -0.05) is 12.2 Å². The molecule has 0 bridgehead atoms. The molecule has 0 spiro atoms. The van der Waals surface area contributed by atoms with Crippen LogP contribution in [-0.4, -0.2) is 78.4 Å². The highest BCUT2D eigenvalue weighted by molar-refractivity contribution is 5.96. The summed E-state index contributed by atoms with van der Waals surface area (Å²) in [6.07, 6.45) is 7.77. The van der Waals surface area contributed by atoms with Gasteiger partial charge in [-0.05, 0) is 63.9 Å². The van der Waals surface area contributed by atoms with Crippen LogP contribution in [0.2, 0.25) is 0 Å². The number of nitrogens with zero attached hydrogens (tertiary/aromatic N) is 5. The van der Waals surface area contributed by atoms with Gasteiger partial charge in [-0.2, -0.15) is 0 Å². The molecule has 0 aliphatic rings. The third-order valence-corrected chi connectivity index (χ3v) is 8.01. The number of aryl methyl sites for hydroxylation is 2. The van der Waals surface area contributed by atoms with Gasteiger partial charge in [0.05, 0.1) is 54.2 Å². The molecule has 5 aromatic rings. The Bertz CT molecular complexity index is 2010. The van der Waals surface area contributed by atoms with Gasteiger partial charge < -0.3 is 38.8 Å². The summed E-state index contributed by atoms with van der Waals surface area (Å²) < 4.78 is 19.7. The number of carboxylic acid groups (broad SMARTS) is 1. The van der Waals surface area contributed by atoms with Gasteiger partial charge in [0.1, 0.15) is 28.7 Å². The standard InChI is InChI=1S/C30H35N5O5.C7H10N2O2/c1-7-9-10-14-35-23(28-33-22-15-20(30(37)38)17-25(40-6)26(22)34(28)4)16-19-12-13-21(32-27(19)35)18(3)31-29(36)24(39-5)11-8-2;1-5(2)11-7(10)6-3-8-4-9-6/h7-8,12-13,15-18,24H,1-2,9-11,14H2,3-6H3,(H,31,36)(H,37,38);3-5H,1-2H3,(H,8,9). The van der Waals surface area contributed by atoms with Crippen LogP contribution in [0.25, 0.3) is 33.6 Å². The lowest BCUT2D eigenvalue weighted by atomic mass is 10.1. The highest BCUT2D eigenvalue weighted by atomic mass is 16.5. The number of aromatic nitrogens is 6. The van der Waals surface area contributed by atoms with Crippen LogP contribution in [-0.2, 0) is 27.9 Å². The largest absolute Gasteiger partial charge is 0.494 e. The number of amides is 1. The van der Waals surface area contributed by atoms with Crippen LogP contribution in [0.3, 0.4) is 0 Å². The summed E-state index contributed by atoms with van der Waals surface area (Å²) in [4.78, 5) is 51.6. The molecule has 51 heavy (non-hydrogen) atoms. The van der Waals surface area contributed by atoms with Gasteiger partial charge in [0.25, 0.3) is 0 Å². The molecule has 0 saturated carbocycles. The molecule has 2 unspecified atom stereocenters. The van der Waals surface area contributed by atoms with Gasteiger partial charge in [-0.3, -0.25) is 4.79 Å². The molecular formula is C37H45N7O7. The molecule has 0 radical (unpaired) electrons. The number of hydrogen-bond acceptors (Lipinski definition) is 9. The average molecular weight is 700 g/mol. The van der Waals surface area contributed by atoms with Crippen molar-refractivity contribution in [2.45, 2.75) is 64.8 Å². The number of aromatic carboxylic acids is 1. The smallest absolute Gasteiger partial charge is 0.356 e. The number of esters is 1. The van der Waals surface area contributed by atoms with E-state index in [9.17, 15) is 19.5 Å². The molecule has 4 heterocycles. The maximum atomic E-state index is 12.7. The van der Waals surface area contributed by atoms with Gasteiger partial charge in [-0.15, -0.1) is 13.2 Å². The maximum Gasteiger partial charge on any atom is 0.356 e. The highest BCUT2D eigenvalue weighted by Crippen LogP contribution is 2.34. The Labute approximate surface area is 296 Å². The summed E-state index contributed by atoms with van der Waals surface area (Å²) in [7, 11) is 4.89. The summed E-state index contributed by atoms with van der Waals surface area (Å²) in [5, 5.41) is 13.5. The molecule has 0 aliphatic carbocycles. The molecule has 14 nitrogen and oxygen atoms in total. The van der Waals surface area contributed by atoms with Gasteiger partial charge >= 0.3 is 11.9 Å². The molecule has 14 heteroatoms. The minimum absolute atomic E-state index is 0.0919. The Morgan fingerprint density at radius 1 is 1.08 bits per heavy atom. The normalized spacial score (nSPS) is 12.2. The fraction of sp³-hybridized carbons (Fsp3) is 0.351. The Kier molecular flexibility index (Phi) is 12.9. The minimum atomic E-state index is -1.05. The van der Waals surface area contributed by atoms with Gasteiger partial charge in [0, 0.05) is 32.5 Å². The quantitative estimate of drug-likeness (QED) is 0.0667. The number of unbranched alkanes of at least 4 members (excludes halogenated alkanes) is 1. The van der Waals surface area contributed by atoms with E-state index in [2.05, 4.69) is 33.0 Å². The first-order valence-electron chi connectivity index (χ1n) is 16.5. The van der Waals surface area contributed by atoms with Gasteiger partial charge in [0.15, 0.2) is 5.82 Å². The number of benzene rings is 1. The number of rotatable bonds is 15. The number of ether oxygens (including phenoxy) is 3. The van der Waals surface area contributed by atoms with Crippen molar-refractivity contribution in [1.29, 1.82) is 0 Å². The number of nitrogens with one attached hydrogen (secondary N) is 2. The highest BCUT2D eigenvalue weighted by Gasteiger charge is 2.23. The SMILES string of the molecule is C=CCCCn1c(-c2nc3cc(C(=O)O)cc(OC)c3n2C)cc2ccc(C(C)NC(=O)C(CC=C)OC)nc21.CC(C)OC(=O)c1cnc[nH]1. The van der Waals surface area contributed by atoms with E-state index in [1.54, 1.807) is 26.0 Å². The van der Waals surface area contributed by atoms with Crippen molar-refractivity contribution in [1.82, 2.24) is 34.4 Å². The molecule has 3 N–H and O–H groups in total. The van der Waals surface area contributed by atoms with E-state index in [0.717, 1.165) is 29.6 Å². The van der Waals surface area contributed by atoms with Crippen molar-refractivity contribution in [2.24, 2.45) is 7.05 Å². The third-order valence-electron chi connectivity index (χ3n) is 8.01. The number of H-pyrrole nitrogens is 1. The van der Waals surface area contributed by atoms with Crippen molar-refractivity contribution in [3.63, 3.8) is 0 Å². The number of carboxylic acids is 1. The van der Waals surface area contributed by atoms with Crippen molar-refractivity contribution in [3.8, 4) is 17.3 Å². The average Bonchev–Trinajstić information content (AvgIpc) is 3.85. The summed E-state index contributed by atoms with van der Waals surface area (Å²) in [6.45, 7) is 13.7. The van der Waals surface area contributed by atoms with Crippen LogP contribution in [0.1, 0.15) is 72.6 Å². The molecule has 1 aromatic carbocycles. The summed E-state index contributed by atoms with van der Waals surface area (Å²) >= 11 is 0. The van der Waals surface area contributed by atoms with E-state index >= 15 is 0 Å². The second kappa shape index (κ2) is 17.3. The predicted molar refractivity (Wildman–Crippen MR) is 194 cm³/mol. The van der Waals surface area contributed by atoms with Crippen LogP contribution in [0.5, 0.6) is 5.75 Å². The van der Waals surface area contributed by atoms with Crippen LogP contribution in [0.4, 0.5) is 0 Å². The van der Waals surface area contributed by atoms with Crippen LogP contribution in [0, 0.1) is 0 Å². The summed E-state index contributed by atoms with van der Waals surface area (Å²) in [6, 6.07) is 8.61. The fourth-order valence-electron chi connectivity index (χ4n) is 5.49. The number of carbonyl (C=O) groups excluding carboxylic acids is 2. The molecule has 0 saturated heterocycles. The number of aromatic amines is 1. The molecule has 4 aromatic heterocycles. The van der Waals surface area contributed by atoms with Crippen LogP contribution in [0.15, 0.2) is 68.2 Å². The molecule has 1 amide bonds. The van der Waals surface area contributed by atoms with E-state index in [4.69, 9.17) is 24.2 Å². The minimum Gasteiger partial charge on any atom is -0.494 e. The second-order valence-corrected chi connectivity index (χ2v) is 12.0. The number of hydrogen-bond donors (Lipinski definition) is 3. The molecule has 270 valence electrons. The zero-order valence-electron chi connectivity index (χ0n) is 29.8. The van der Waals surface area contributed by atoms with Gasteiger partial charge in [0.2, 0.25) is 5.91 Å². The number of allylic oxidation sites excluding steroid dienone is 1. The van der Waals surface area contributed by atoms with Gasteiger partial charge in [-0.25, -0.2) is 24.5 Å². The fourth-order valence-corrected chi connectivity index (χ4v) is 5.49. The van der Waals surface area contributed by atoms with Crippen LogP contribution < -0.4 is 10.1 Å². The number of carbonyl (C=O) groups is 3. The Morgan fingerprint density at radius 3 is 2.45 bits per heavy atom. The Morgan fingerprint density at radius 2 is 1.84 bits per heavy atom. The molecule has 0 aliphatic heterocycles. The van der Waals surface area contributed by atoms with E-state index in [1.807, 2.05) is 42.8 Å². The molecule has 2 atom stereocenters. The van der Waals surface area contributed by atoms with E-state index in [1.165, 1.54) is 32.8 Å². The summed E-state index contributed by atoms with van der Waals surface area (Å²) in [5.41, 5.74) is 4.02. The van der Waals surface area contributed by atoms with Crippen molar-refractivity contribution in [2.75, 3.05) is 14.2 Å². The van der Waals surface area contributed by atoms with Crippen molar-refractivity contribution >= 4 is 39.9 Å². The molecule has 0 fully saturated rings. The zero-order chi connectivity index (χ0) is 37.2. The number of imidazole rings is 2. The number of fused-ring (bicyclic) bond motifs is 2. The van der Waals surface area contributed by atoms with E-state index < -0.39 is 12.1 Å². The monoisotopic (exact) mass is 699 g/mol. The first-order chi connectivity index (χ1) is 24.4. The molecular weight excluding hydrogens is 654 g/mol. The van der Waals surface area contributed by atoms with Crippen molar-refractivity contribution in [3.05, 3.63) is 85.1 Å². The van der Waals surface area contributed by atoms with E-state index in [-0.39, 0.29) is 29.6 Å². The Hall–Kier alpha value is -5.76. The zero-order valence-corrected chi connectivity index (χ0v) is 29.8. The molecule has 5 rings (SSSR count). The second-order valence-electron chi connectivity index (χ2n) is 12.0. The number of methoxy groups -OCH3 is 2. The topological polar surface area (TPSA) is 175 Å². The summed E-state index contributed by atoms with van der Waals surface area (Å²) in [5.74, 6) is -0.556. The predicted octanol–water partition coefficient (Wildman–Crippen LogP) is 6.01. The van der Waals surface area contributed by atoms with Crippen molar-refractivity contribution < 1.29 is 33.7 Å². The first kappa shape index (κ1) is 38.0. The van der Waals surface area contributed by atoms with Crippen LogP contribution >= 0.6 is 0 Å². The lowest BCUT2D eigenvalue weighted by Gasteiger charge is -2.18. The maximum absolute atomic E-state index is 12.7. The van der Waals surface area contributed by atoms with E-state index in [0.29, 0.717) is 47.0 Å². The number of pyridine rings is 1. The Balaban J connectivity index is 0.000000452. The lowest BCUT2D eigenvalue weighted by Crippen LogP contribution is -2.37. The third kappa shape index (κ3) is 8.89. The lowest BCUT2D eigenvalue weighted by molar-refractivity contribution is -0.131. The first-order valence-corrected chi connectivity index (χ1v) is 16.5.